The average Bonchev–Trinajstić information content (AvgIpc) is 2.96. The Morgan fingerprint density at radius 1 is 1.07 bits per heavy atom. The summed E-state index contributed by atoms with van der Waals surface area (Å²) in [6.45, 7) is 13.3. The molecule has 0 spiro atoms. The third-order valence-electron chi connectivity index (χ3n) is 7.80. The molecule has 46 heavy (non-hydrogen) atoms. The highest BCUT2D eigenvalue weighted by atomic mass is 19.3. The molecule has 1 saturated heterocycles. The van der Waals surface area contributed by atoms with Crippen molar-refractivity contribution in [3.8, 4) is 16.9 Å². The zero-order chi connectivity index (χ0) is 33.7. The van der Waals surface area contributed by atoms with Crippen LogP contribution < -0.4 is 10.6 Å². The molecule has 0 bridgehead atoms. The molecule has 4 aromatic rings. The number of nitrogens with zero attached hydrogens (tertiary/aromatic N) is 6. The molecule has 1 amide bonds. The van der Waals surface area contributed by atoms with Gasteiger partial charge in [0.1, 0.15) is 22.9 Å². The van der Waals surface area contributed by atoms with Crippen molar-refractivity contribution in [2.75, 3.05) is 24.5 Å². The molecule has 4 heterocycles. The second kappa shape index (κ2) is 12.3. The Morgan fingerprint density at radius 3 is 2.41 bits per heavy atom. The number of rotatable bonds is 5. The first-order valence-corrected chi connectivity index (χ1v) is 15.0. The molecule has 9 nitrogen and oxygen atoms in total. The number of carbonyl (C=O) groups is 1. The van der Waals surface area contributed by atoms with Gasteiger partial charge in [-0.25, -0.2) is 36.7 Å². The maximum atomic E-state index is 16.0. The van der Waals surface area contributed by atoms with E-state index in [2.05, 4.69) is 15.0 Å². The van der Waals surface area contributed by atoms with Gasteiger partial charge in [-0.2, -0.15) is 4.98 Å². The molecule has 1 aliphatic rings. The molecule has 0 saturated carbocycles. The number of aryl methyl sites for hydroxylation is 1. The van der Waals surface area contributed by atoms with Crippen LogP contribution in [0.25, 0.3) is 28.0 Å². The van der Waals surface area contributed by atoms with E-state index < -0.39 is 58.3 Å². The van der Waals surface area contributed by atoms with Crippen LogP contribution in [0.4, 0.5) is 28.2 Å². The van der Waals surface area contributed by atoms with Crippen LogP contribution in [0.3, 0.4) is 0 Å². The molecular weight excluding hydrogens is 604 g/mol. The lowest BCUT2D eigenvalue weighted by Gasteiger charge is -2.41. The van der Waals surface area contributed by atoms with Gasteiger partial charge in [0.25, 0.3) is 6.43 Å². The fourth-order valence-corrected chi connectivity index (χ4v) is 5.72. The maximum Gasteiger partial charge on any atom is 0.410 e. The van der Waals surface area contributed by atoms with Crippen molar-refractivity contribution in [1.29, 1.82) is 0 Å². The molecule has 0 unspecified atom stereocenters. The highest BCUT2D eigenvalue weighted by Gasteiger charge is 2.33. The number of carbonyl (C=O) groups excluding carboxylic acids is 1. The minimum Gasteiger partial charge on any atom is -0.444 e. The maximum absolute atomic E-state index is 16.0. The predicted molar refractivity (Wildman–Crippen MR) is 167 cm³/mol. The van der Waals surface area contributed by atoms with Gasteiger partial charge in [0.2, 0.25) is 0 Å². The van der Waals surface area contributed by atoms with Crippen molar-refractivity contribution in [1.82, 2.24) is 24.4 Å². The van der Waals surface area contributed by atoms with Crippen molar-refractivity contribution < 1.29 is 27.1 Å². The molecular formula is C33H36F4N6O3. The predicted octanol–water partition coefficient (Wildman–Crippen LogP) is 6.94. The van der Waals surface area contributed by atoms with Crippen LogP contribution in [0.2, 0.25) is 0 Å². The van der Waals surface area contributed by atoms with Crippen LogP contribution in [0.15, 0.2) is 41.3 Å². The van der Waals surface area contributed by atoms with Gasteiger partial charge < -0.3 is 14.5 Å². The van der Waals surface area contributed by atoms with Crippen LogP contribution in [-0.2, 0) is 4.74 Å². The largest absolute Gasteiger partial charge is 0.444 e. The van der Waals surface area contributed by atoms with E-state index in [1.807, 2.05) is 20.8 Å². The lowest BCUT2D eigenvalue weighted by Crippen LogP contribution is -2.55. The molecule has 0 aliphatic carbocycles. The van der Waals surface area contributed by atoms with Gasteiger partial charge in [-0.15, -0.1) is 0 Å². The third kappa shape index (κ3) is 6.14. The Labute approximate surface area is 263 Å². The SMILES string of the molecule is Cc1ccnc(C(C)C)c1-n1c(=O)nc(N2CCN(C(=O)OC(C)(C)C)C[C@@H]2C)c2cc(F)c(-c3c(F)cccc3C(F)F)nc21. The number of halogens is 4. The summed E-state index contributed by atoms with van der Waals surface area (Å²) >= 11 is 0. The number of alkyl halides is 2. The topological polar surface area (TPSA) is 93.5 Å². The van der Waals surface area contributed by atoms with E-state index in [0.29, 0.717) is 16.9 Å². The Kier molecular flexibility index (Phi) is 8.80. The number of amides is 1. The number of benzene rings is 1. The van der Waals surface area contributed by atoms with Crippen LogP contribution in [0, 0.1) is 18.6 Å². The fraction of sp³-hybridized carbons (Fsp3) is 0.424. The van der Waals surface area contributed by atoms with Crippen molar-refractivity contribution in [2.45, 2.75) is 72.5 Å². The summed E-state index contributed by atoms with van der Waals surface area (Å²) in [7, 11) is 0. The average molecular weight is 641 g/mol. The number of ether oxygens (including phenoxy) is 1. The summed E-state index contributed by atoms with van der Waals surface area (Å²) < 4.78 is 66.0. The van der Waals surface area contributed by atoms with Crippen LogP contribution >= 0.6 is 0 Å². The Hall–Kier alpha value is -4.55. The van der Waals surface area contributed by atoms with Gasteiger partial charge in [-0.05, 0) is 64.3 Å². The summed E-state index contributed by atoms with van der Waals surface area (Å²) in [6.07, 6.45) is -2.01. The number of hydrogen-bond acceptors (Lipinski definition) is 7. The molecule has 5 rings (SSSR count). The van der Waals surface area contributed by atoms with Crippen molar-refractivity contribution in [3.05, 3.63) is 75.5 Å². The van der Waals surface area contributed by atoms with Gasteiger partial charge >= 0.3 is 11.8 Å². The minimum absolute atomic E-state index is 0.0980. The Bertz CT molecular complexity index is 1870. The summed E-state index contributed by atoms with van der Waals surface area (Å²) in [5.74, 6) is -2.21. The van der Waals surface area contributed by atoms with E-state index in [9.17, 15) is 18.4 Å². The lowest BCUT2D eigenvalue weighted by atomic mass is 10.0. The molecule has 244 valence electrons. The second-order valence-electron chi connectivity index (χ2n) is 12.7. The van der Waals surface area contributed by atoms with Crippen molar-refractivity contribution >= 4 is 22.9 Å². The van der Waals surface area contributed by atoms with E-state index in [4.69, 9.17) is 4.74 Å². The molecule has 13 heteroatoms. The molecule has 1 aromatic carbocycles. The number of hydrogen-bond donors (Lipinski definition) is 0. The zero-order valence-electron chi connectivity index (χ0n) is 26.7. The smallest absolute Gasteiger partial charge is 0.410 e. The lowest BCUT2D eigenvalue weighted by molar-refractivity contribution is 0.0218. The summed E-state index contributed by atoms with van der Waals surface area (Å²) in [4.78, 5) is 43.4. The molecule has 0 radical (unpaired) electrons. The van der Waals surface area contributed by atoms with Crippen LogP contribution in [0.5, 0.6) is 0 Å². The third-order valence-corrected chi connectivity index (χ3v) is 7.80. The second-order valence-corrected chi connectivity index (χ2v) is 12.7. The monoisotopic (exact) mass is 640 g/mol. The molecule has 0 N–H and O–H groups in total. The van der Waals surface area contributed by atoms with E-state index in [1.165, 1.54) is 4.57 Å². The van der Waals surface area contributed by atoms with E-state index in [-0.39, 0.29) is 42.4 Å². The number of anilines is 1. The molecule has 1 atom stereocenters. The fourth-order valence-electron chi connectivity index (χ4n) is 5.72. The Balaban J connectivity index is 1.77. The van der Waals surface area contributed by atoms with Crippen molar-refractivity contribution in [3.63, 3.8) is 0 Å². The zero-order valence-corrected chi connectivity index (χ0v) is 26.7. The van der Waals surface area contributed by atoms with E-state index in [1.54, 1.807) is 49.8 Å². The highest BCUT2D eigenvalue weighted by Crippen LogP contribution is 2.37. The van der Waals surface area contributed by atoms with E-state index in [0.717, 1.165) is 24.3 Å². The number of fused-ring (bicyclic) bond motifs is 1. The first-order chi connectivity index (χ1) is 21.6. The van der Waals surface area contributed by atoms with Gasteiger partial charge in [-0.1, -0.05) is 26.0 Å². The summed E-state index contributed by atoms with van der Waals surface area (Å²) in [5, 5.41) is 0.103. The van der Waals surface area contributed by atoms with Gasteiger partial charge in [0, 0.05) is 43.0 Å². The van der Waals surface area contributed by atoms with Crippen LogP contribution in [-0.4, -0.2) is 61.8 Å². The summed E-state index contributed by atoms with van der Waals surface area (Å²) in [6, 6.07) is 5.42. The van der Waals surface area contributed by atoms with Gasteiger partial charge in [0.15, 0.2) is 11.5 Å². The first kappa shape index (κ1) is 32.8. The Morgan fingerprint density at radius 2 is 1.78 bits per heavy atom. The normalized spacial score (nSPS) is 15.7. The van der Waals surface area contributed by atoms with Crippen LogP contribution in [0.1, 0.15) is 70.7 Å². The highest BCUT2D eigenvalue weighted by molar-refractivity contribution is 5.91. The minimum atomic E-state index is -3.12. The quantitative estimate of drug-likeness (QED) is 0.218. The molecule has 1 fully saturated rings. The standard InChI is InChI=1S/C33H36F4N6O3/c1-17(2)25-27(18(3)11-12-38-25)43-30-21(15-23(35)26(39-30)24-20(28(36)37)9-8-10-22(24)34)29(40-31(43)44)42-14-13-41(16-19(42)4)32(45)46-33(5,6)7/h8-12,15,17,19,28H,13-14,16H2,1-7H3/t19-/m0/s1. The molecule has 1 aliphatic heterocycles. The van der Waals surface area contributed by atoms with E-state index >= 15 is 8.78 Å². The first-order valence-electron chi connectivity index (χ1n) is 15.0. The molecule has 3 aromatic heterocycles. The van der Waals surface area contributed by atoms with Gasteiger partial charge in [-0.3, -0.25) is 4.98 Å². The summed E-state index contributed by atoms with van der Waals surface area (Å²) in [5.41, 5.74) is -2.12. The number of piperazine rings is 1. The van der Waals surface area contributed by atoms with Gasteiger partial charge in [0.05, 0.1) is 16.8 Å². The number of pyridine rings is 2. The van der Waals surface area contributed by atoms with Crippen molar-refractivity contribution in [2.24, 2.45) is 0 Å². The number of aromatic nitrogens is 4.